The molecule has 9 heteroatoms. The summed E-state index contributed by atoms with van der Waals surface area (Å²) in [5, 5.41) is 11.0. The molecular formula is C21H21NO8. The first kappa shape index (κ1) is 21.1. The van der Waals surface area contributed by atoms with E-state index in [2.05, 4.69) is 4.98 Å². The molecule has 3 aromatic rings. The van der Waals surface area contributed by atoms with Crippen LogP contribution in [0.25, 0.3) is 10.9 Å². The molecule has 1 aromatic carbocycles. The molecule has 0 aliphatic heterocycles. The Labute approximate surface area is 170 Å². The number of benzene rings is 1. The molecule has 158 valence electrons. The highest BCUT2D eigenvalue weighted by Gasteiger charge is 2.29. The van der Waals surface area contributed by atoms with Crippen LogP contribution >= 0.6 is 0 Å². The molecule has 0 aliphatic carbocycles. The quantitative estimate of drug-likeness (QED) is 0.561. The van der Waals surface area contributed by atoms with Crippen molar-refractivity contribution in [3.8, 4) is 11.5 Å². The van der Waals surface area contributed by atoms with Crippen molar-refractivity contribution in [1.82, 2.24) is 4.98 Å². The molecule has 0 spiro atoms. The SMILES string of the molecule is COCc1cc(=O)c(O)c([C@H](CC(=O)OC)c2cc3ccc(OC)cc3[nH]c2=O)o1. The van der Waals surface area contributed by atoms with Gasteiger partial charge < -0.3 is 28.7 Å². The summed E-state index contributed by atoms with van der Waals surface area (Å²) in [4.78, 5) is 39.9. The fraction of sp³-hybridized carbons (Fsp3) is 0.286. The van der Waals surface area contributed by atoms with Crippen LogP contribution in [-0.4, -0.2) is 37.4 Å². The van der Waals surface area contributed by atoms with Crippen molar-refractivity contribution >= 4 is 16.9 Å². The van der Waals surface area contributed by atoms with E-state index in [9.17, 15) is 19.5 Å². The fourth-order valence-electron chi connectivity index (χ4n) is 3.18. The number of carbonyl (C=O) groups is 1. The molecule has 0 saturated carbocycles. The van der Waals surface area contributed by atoms with Crippen LogP contribution in [0.15, 0.2) is 44.3 Å². The molecule has 0 saturated heterocycles. The Kier molecular flexibility index (Phi) is 6.22. The van der Waals surface area contributed by atoms with Gasteiger partial charge >= 0.3 is 5.97 Å². The Morgan fingerprint density at radius 2 is 1.93 bits per heavy atom. The van der Waals surface area contributed by atoms with Gasteiger partial charge in [-0.1, -0.05) is 0 Å². The number of fused-ring (bicyclic) bond motifs is 1. The lowest BCUT2D eigenvalue weighted by atomic mass is 9.92. The van der Waals surface area contributed by atoms with Crippen LogP contribution in [0.5, 0.6) is 11.5 Å². The summed E-state index contributed by atoms with van der Waals surface area (Å²) in [6, 6.07) is 7.78. The van der Waals surface area contributed by atoms with Crippen LogP contribution < -0.4 is 15.7 Å². The second-order valence-electron chi connectivity index (χ2n) is 6.56. The monoisotopic (exact) mass is 415 g/mol. The summed E-state index contributed by atoms with van der Waals surface area (Å²) in [6.07, 6.45) is -0.325. The van der Waals surface area contributed by atoms with E-state index in [-0.39, 0.29) is 30.1 Å². The van der Waals surface area contributed by atoms with Gasteiger partial charge in [-0.05, 0) is 23.6 Å². The number of methoxy groups -OCH3 is 3. The summed E-state index contributed by atoms with van der Waals surface area (Å²) in [5.74, 6) is -1.89. The number of carbonyl (C=O) groups excluding carboxylic acids is 1. The first-order valence-corrected chi connectivity index (χ1v) is 9.00. The molecule has 0 aliphatic rings. The summed E-state index contributed by atoms with van der Waals surface area (Å²) in [6.45, 7) is -0.0265. The van der Waals surface area contributed by atoms with Crippen LogP contribution in [0.4, 0.5) is 0 Å². The van der Waals surface area contributed by atoms with E-state index >= 15 is 0 Å². The van der Waals surface area contributed by atoms with Gasteiger partial charge in [0, 0.05) is 24.8 Å². The minimum Gasteiger partial charge on any atom is -0.502 e. The Morgan fingerprint density at radius 3 is 2.60 bits per heavy atom. The number of nitrogens with one attached hydrogen (secondary N) is 1. The Balaban J connectivity index is 2.23. The van der Waals surface area contributed by atoms with E-state index in [1.165, 1.54) is 21.3 Å². The van der Waals surface area contributed by atoms with E-state index in [0.29, 0.717) is 16.7 Å². The topological polar surface area (TPSA) is 128 Å². The van der Waals surface area contributed by atoms with Gasteiger partial charge in [0.15, 0.2) is 5.76 Å². The maximum absolute atomic E-state index is 12.8. The number of aromatic hydroxyl groups is 1. The van der Waals surface area contributed by atoms with Crippen molar-refractivity contribution in [3.05, 3.63) is 68.0 Å². The second-order valence-corrected chi connectivity index (χ2v) is 6.56. The maximum atomic E-state index is 12.8. The molecule has 0 amide bonds. The first-order valence-electron chi connectivity index (χ1n) is 9.00. The van der Waals surface area contributed by atoms with E-state index in [4.69, 9.17) is 18.6 Å². The predicted octanol–water partition coefficient (Wildman–Crippen LogP) is 2.04. The van der Waals surface area contributed by atoms with Crippen LogP contribution in [0.3, 0.4) is 0 Å². The number of pyridine rings is 1. The zero-order valence-electron chi connectivity index (χ0n) is 16.7. The standard InChI is InChI=1S/C21H21NO8/c1-27-10-13-8-17(23)19(25)20(30-13)14(9-18(24)29-3)15-6-11-4-5-12(28-2)7-16(11)22-21(15)26/h4-8,14,25H,9-10H2,1-3H3,(H,22,26)/t14-/m1/s1. The third-order valence-corrected chi connectivity index (χ3v) is 4.66. The first-order chi connectivity index (χ1) is 14.4. The lowest BCUT2D eigenvalue weighted by Gasteiger charge is -2.17. The fourth-order valence-corrected chi connectivity index (χ4v) is 3.18. The number of aromatic nitrogens is 1. The molecular weight excluding hydrogens is 394 g/mol. The number of H-pyrrole nitrogens is 1. The third-order valence-electron chi connectivity index (χ3n) is 4.66. The molecule has 0 bridgehead atoms. The van der Waals surface area contributed by atoms with Gasteiger partial charge in [-0.3, -0.25) is 14.4 Å². The Morgan fingerprint density at radius 1 is 1.17 bits per heavy atom. The molecule has 2 N–H and O–H groups in total. The predicted molar refractivity (Wildman–Crippen MR) is 107 cm³/mol. The largest absolute Gasteiger partial charge is 0.502 e. The molecule has 1 atom stereocenters. The van der Waals surface area contributed by atoms with E-state index in [0.717, 1.165) is 6.07 Å². The molecule has 2 heterocycles. The van der Waals surface area contributed by atoms with Gasteiger partial charge in [0.1, 0.15) is 18.1 Å². The molecule has 0 radical (unpaired) electrons. The van der Waals surface area contributed by atoms with Gasteiger partial charge in [-0.2, -0.15) is 0 Å². The summed E-state index contributed by atoms with van der Waals surface area (Å²) >= 11 is 0. The van der Waals surface area contributed by atoms with Crippen molar-refractivity contribution in [2.45, 2.75) is 18.9 Å². The van der Waals surface area contributed by atoms with E-state index in [1.807, 2.05) is 0 Å². The molecule has 30 heavy (non-hydrogen) atoms. The van der Waals surface area contributed by atoms with Gasteiger partial charge in [0.2, 0.25) is 11.2 Å². The average Bonchev–Trinajstić information content (AvgIpc) is 2.73. The number of ether oxygens (including phenoxy) is 3. The minimum absolute atomic E-state index is 0.0265. The van der Waals surface area contributed by atoms with Crippen LogP contribution in [-0.2, 0) is 20.9 Å². The normalized spacial score (nSPS) is 12.0. The zero-order chi connectivity index (χ0) is 21.8. The number of esters is 1. The smallest absolute Gasteiger partial charge is 0.306 e. The summed E-state index contributed by atoms with van der Waals surface area (Å²) in [5.41, 5.74) is -0.561. The highest BCUT2D eigenvalue weighted by atomic mass is 16.5. The Hall–Kier alpha value is -3.59. The minimum atomic E-state index is -1.06. The van der Waals surface area contributed by atoms with E-state index in [1.54, 1.807) is 24.3 Å². The zero-order valence-corrected chi connectivity index (χ0v) is 16.7. The van der Waals surface area contributed by atoms with Gasteiger partial charge in [0.05, 0.1) is 32.1 Å². The van der Waals surface area contributed by atoms with Gasteiger partial charge in [0.25, 0.3) is 5.56 Å². The van der Waals surface area contributed by atoms with Crippen molar-refractivity contribution in [2.24, 2.45) is 0 Å². The van der Waals surface area contributed by atoms with Crippen molar-refractivity contribution < 1.29 is 28.5 Å². The maximum Gasteiger partial charge on any atom is 0.306 e. The van der Waals surface area contributed by atoms with Crippen molar-refractivity contribution in [2.75, 3.05) is 21.3 Å². The highest BCUT2D eigenvalue weighted by molar-refractivity contribution is 5.81. The number of hydrogen-bond acceptors (Lipinski definition) is 8. The molecule has 3 rings (SSSR count). The van der Waals surface area contributed by atoms with Gasteiger partial charge in [-0.25, -0.2) is 0 Å². The molecule has 2 aromatic heterocycles. The highest BCUT2D eigenvalue weighted by Crippen LogP contribution is 2.33. The Bertz CT molecular complexity index is 1190. The molecule has 0 unspecified atom stereocenters. The lowest BCUT2D eigenvalue weighted by molar-refractivity contribution is -0.140. The van der Waals surface area contributed by atoms with Crippen molar-refractivity contribution in [3.63, 3.8) is 0 Å². The van der Waals surface area contributed by atoms with Gasteiger partial charge in [-0.15, -0.1) is 0 Å². The summed E-state index contributed by atoms with van der Waals surface area (Å²) < 4.78 is 20.5. The van der Waals surface area contributed by atoms with Crippen molar-refractivity contribution in [1.29, 1.82) is 0 Å². The molecule has 9 nitrogen and oxygen atoms in total. The third kappa shape index (κ3) is 4.20. The summed E-state index contributed by atoms with van der Waals surface area (Å²) in [7, 11) is 4.13. The lowest BCUT2D eigenvalue weighted by Crippen LogP contribution is -2.21. The average molecular weight is 415 g/mol. The number of hydrogen-bond donors (Lipinski definition) is 2. The number of rotatable bonds is 7. The molecule has 0 fully saturated rings. The van der Waals surface area contributed by atoms with E-state index < -0.39 is 28.6 Å². The van der Waals surface area contributed by atoms with Crippen LogP contribution in [0.2, 0.25) is 0 Å². The van der Waals surface area contributed by atoms with Crippen LogP contribution in [0.1, 0.15) is 29.4 Å². The van der Waals surface area contributed by atoms with Crippen LogP contribution in [0, 0.1) is 0 Å². The number of aromatic amines is 1. The second kappa shape index (κ2) is 8.83.